The van der Waals surface area contributed by atoms with Crippen molar-refractivity contribution in [1.29, 1.82) is 5.41 Å². The summed E-state index contributed by atoms with van der Waals surface area (Å²) in [5.41, 5.74) is 8.31. The number of aromatic nitrogens is 2. The lowest BCUT2D eigenvalue weighted by Crippen LogP contribution is -2.51. The van der Waals surface area contributed by atoms with E-state index in [0.717, 1.165) is 41.0 Å². The maximum Gasteiger partial charge on any atom is 0.312 e. The molecule has 5 N–H and O–H groups in total. The summed E-state index contributed by atoms with van der Waals surface area (Å²) in [6, 6.07) is 13.0. The molecule has 1 aliphatic heterocycles. The number of carboxylic acid groups (broad SMARTS) is 1. The summed E-state index contributed by atoms with van der Waals surface area (Å²) >= 11 is 0. The highest BCUT2D eigenvalue weighted by molar-refractivity contribution is 5.95. The van der Waals surface area contributed by atoms with Gasteiger partial charge in [-0.3, -0.25) is 19.8 Å². The molecule has 4 rings (SSSR count). The largest absolute Gasteiger partial charge is 0.481 e. The van der Waals surface area contributed by atoms with Gasteiger partial charge in [0.15, 0.2) is 0 Å². The Balaban J connectivity index is 1.62. The van der Waals surface area contributed by atoms with Gasteiger partial charge in [-0.1, -0.05) is 6.07 Å². The molecular weight excluding hydrogens is 498 g/mol. The zero-order valence-corrected chi connectivity index (χ0v) is 22.5. The third-order valence-electron chi connectivity index (χ3n) is 7.40. The van der Waals surface area contributed by atoms with Crippen LogP contribution in [0.25, 0.3) is 11.0 Å². The van der Waals surface area contributed by atoms with Crippen LogP contribution in [0.2, 0.25) is 0 Å². The van der Waals surface area contributed by atoms with Crippen molar-refractivity contribution in [3.63, 3.8) is 0 Å². The Kier molecular flexibility index (Phi) is 7.89. The first-order chi connectivity index (χ1) is 18.5. The van der Waals surface area contributed by atoms with E-state index in [0.29, 0.717) is 25.2 Å². The van der Waals surface area contributed by atoms with Gasteiger partial charge in [0.2, 0.25) is 11.8 Å². The molecule has 1 aromatic heterocycles. The zero-order chi connectivity index (χ0) is 28.3. The number of nitrogens with one attached hydrogen (secondary N) is 2. The van der Waals surface area contributed by atoms with Gasteiger partial charge in [0, 0.05) is 45.0 Å². The smallest absolute Gasteiger partial charge is 0.312 e. The number of nitrogens with zero attached hydrogens (tertiary/aromatic N) is 4. The van der Waals surface area contributed by atoms with Crippen molar-refractivity contribution in [2.24, 2.45) is 12.8 Å². The lowest BCUT2D eigenvalue weighted by Gasteiger charge is -2.36. The average molecular weight is 534 g/mol. The molecule has 0 radical (unpaired) electrons. The number of likely N-dealkylation sites (tertiary alicyclic amines) is 1. The molecule has 39 heavy (non-hydrogen) atoms. The van der Waals surface area contributed by atoms with Crippen molar-refractivity contribution in [2.45, 2.75) is 38.1 Å². The van der Waals surface area contributed by atoms with Gasteiger partial charge >= 0.3 is 5.97 Å². The van der Waals surface area contributed by atoms with Crippen LogP contribution >= 0.6 is 0 Å². The zero-order valence-electron chi connectivity index (χ0n) is 22.5. The Morgan fingerprint density at radius 3 is 2.44 bits per heavy atom. The predicted octanol–water partition coefficient (Wildman–Crippen LogP) is 2.28. The summed E-state index contributed by atoms with van der Waals surface area (Å²) in [4.78, 5) is 45.4. The van der Waals surface area contributed by atoms with Gasteiger partial charge in [-0.25, -0.2) is 4.98 Å². The second-order valence-corrected chi connectivity index (χ2v) is 10.3. The molecule has 1 saturated heterocycles. The molecule has 0 spiro atoms. The summed E-state index contributed by atoms with van der Waals surface area (Å²) in [6.45, 7) is 3.65. The normalized spacial score (nSPS) is 14.7. The van der Waals surface area contributed by atoms with E-state index in [-0.39, 0.29) is 18.3 Å². The van der Waals surface area contributed by atoms with Crippen LogP contribution in [0, 0.1) is 5.41 Å². The van der Waals surface area contributed by atoms with Crippen LogP contribution in [0.15, 0.2) is 42.5 Å². The van der Waals surface area contributed by atoms with E-state index >= 15 is 0 Å². The Bertz CT molecular complexity index is 1410. The van der Waals surface area contributed by atoms with E-state index in [4.69, 9.17) is 21.2 Å². The number of aliphatic carboxylic acids is 1. The monoisotopic (exact) mass is 533 g/mol. The summed E-state index contributed by atoms with van der Waals surface area (Å²) in [5.74, 6) is -1.03. The number of hydrogen-bond acceptors (Lipinski definition) is 6. The molecule has 0 bridgehead atoms. The molecule has 2 heterocycles. The highest BCUT2D eigenvalue weighted by Gasteiger charge is 2.41. The van der Waals surface area contributed by atoms with E-state index in [1.807, 2.05) is 53.8 Å². The molecule has 1 fully saturated rings. The van der Waals surface area contributed by atoms with Crippen LogP contribution < -0.4 is 11.1 Å². The number of carbonyl (C=O) groups excluding carboxylic acids is 2. The van der Waals surface area contributed by atoms with Gasteiger partial charge in [-0.2, -0.15) is 0 Å². The highest BCUT2D eigenvalue weighted by Crippen LogP contribution is 2.32. The number of benzene rings is 2. The second-order valence-electron chi connectivity index (χ2n) is 10.3. The summed E-state index contributed by atoms with van der Waals surface area (Å²) < 4.78 is 1.98. The number of rotatable bonds is 10. The fourth-order valence-electron chi connectivity index (χ4n) is 5.08. The number of amidine groups is 1. The fraction of sp³-hybridized carbons (Fsp3) is 0.393. The first kappa shape index (κ1) is 27.6. The molecule has 1 aliphatic rings. The molecule has 1 unspecified atom stereocenters. The van der Waals surface area contributed by atoms with Crippen molar-refractivity contribution in [3.05, 3.63) is 59.4 Å². The molecular formula is C28H35N7O4. The molecule has 206 valence electrons. The van der Waals surface area contributed by atoms with Gasteiger partial charge in [-0.05, 0) is 61.7 Å². The van der Waals surface area contributed by atoms with Crippen molar-refractivity contribution in [1.82, 2.24) is 19.4 Å². The Hall–Kier alpha value is -4.41. The minimum Gasteiger partial charge on any atom is -0.481 e. The lowest BCUT2D eigenvalue weighted by atomic mass is 9.80. The second kappa shape index (κ2) is 11.1. The summed E-state index contributed by atoms with van der Waals surface area (Å²) in [5, 5.41) is 19.9. The number of amides is 2. The minimum atomic E-state index is -1.20. The van der Waals surface area contributed by atoms with Gasteiger partial charge in [0.05, 0.1) is 23.0 Å². The standard InChI is InChI=1S/C28H35N7O4/c1-28(27(39)35-12-4-5-13-35,17-33(2)24(36)15-25(37)38)19-8-11-22-21(14-19)32-23(34(22)3)16-31-20-9-6-18(7-10-20)26(29)30/h6-11,14,31H,4-5,12-13,15-17H2,1-3H3,(H3,29,30)(H,37,38). The van der Waals surface area contributed by atoms with Gasteiger partial charge in [-0.15, -0.1) is 0 Å². The van der Waals surface area contributed by atoms with E-state index in [2.05, 4.69) is 5.32 Å². The number of nitrogens with two attached hydrogens (primary N) is 1. The van der Waals surface area contributed by atoms with Crippen molar-refractivity contribution >= 4 is 40.3 Å². The molecule has 0 saturated carbocycles. The molecule has 11 heteroatoms. The Morgan fingerprint density at radius 1 is 1.15 bits per heavy atom. The number of carboxylic acids is 1. The minimum absolute atomic E-state index is 0.0142. The Morgan fingerprint density at radius 2 is 1.82 bits per heavy atom. The molecule has 0 aliphatic carbocycles. The van der Waals surface area contributed by atoms with Gasteiger partial charge < -0.3 is 30.5 Å². The lowest BCUT2D eigenvalue weighted by molar-refractivity contribution is -0.144. The van der Waals surface area contributed by atoms with Crippen LogP contribution in [-0.4, -0.2) is 74.8 Å². The number of aryl methyl sites for hydroxylation is 1. The summed E-state index contributed by atoms with van der Waals surface area (Å²) in [6.07, 6.45) is 1.24. The van der Waals surface area contributed by atoms with Crippen molar-refractivity contribution in [2.75, 3.05) is 32.0 Å². The number of carbonyl (C=O) groups is 3. The molecule has 2 aromatic carbocycles. The van der Waals surface area contributed by atoms with Crippen LogP contribution in [0.4, 0.5) is 5.69 Å². The average Bonchev–Trinajstić information content (AvgIpc) is 3.55. The topological polar surface area (TPSA) is 158 Å². The third-order valence-corrected chi connectivity index (χ3v) is 7.40. The molecule has 11 nitrogen and oxygen atoms in total. The van der Waals surface area contributed by atoms with Crippen LogP contribution in [0.3, 0.4) is 0 Å². The van der Waals surface area contributed by atoms with E-state index < -0.39 is 23.7 Å². The summed E-state index contributed by atoms with van der Waals surface area (Å²) in [7, 11) is 3.46. The first-order valence-electron chi connectivity index (χ1n) is 12.9. The SMILES string of the molecule is CN(CC(C)(C(=O)N1CCCC1)c1ccc2c(c1)nc(CNc1ccc(C(=N)N)cc1)n2C)C(=O)CC(=O)O. The third kappa shape index (κ3) is 5.87. The van der Waals surface area contributed by atoms with Crippen molar-refractivity contribution < 1.29 is 19.5 Å². The highest BCUT2D eigenvalue weighted by atomic mass is 16.4. The maximum absolute atomic E-state index is 13.8. The first-order valence-corrected chi connectivity index (χ1v) is 12.9. The van der Waals surface area contributed by atoms with Gasteiger partial charge in [0.25, 0.3) is 0 Å². The number of nitrogen functional groups attached to an aromatic ring is 1. The van der Waals surface area contributed by atoms with Crippen molar-refractivity contribution in [3.8, 4) is 0 Å². The van der Waals surface area contributed by atoms with Gasteiger partial charge in [0.1, 0.15) is 18.1 Å². The number of hydrogen-bond donors (Lipinski definition) is 4. The molecule has 2 amide bonds. The number of likely N-dealkylation sites (N-methyl/N-ethyl adjacent to an activating group) is 1. The number of anilines is 1. The quantitative estimate of drug-likeness (QED) is 0.177. The van der Waals surface area contributed by atoms with Crippen LogP contribution in [0.5, 0.6) is 0 Å². The predicted molar refractivity (Wildman–Crippen MR) is 149 cm³/mol. The maximum atomic E-state index is 13.8. The Labute approximate surface area is 227 Å². The molecule has 1 atom stereocenters. The van der Waals surface area contributed by atoms with E-state index in [1.54, 1.807) is 12.1 Å². The van der Waals surface area contributed by atoms with Crippen LogP contribution in [0.1, 0.15) is 43.1 Å². The molecule has 3 aromatic rings. The van der Waals surface area contributed by atoms with Crippen LogP contribution in [-0.2, 0) is 33.4 Å². The van der Waals surface area contributed by atoms with E-state index in [1.165, 1.54) is 11.9 Å². The number of fused-ring (bicyclic) bond motifs is 1. The number of imidazole rings is 1. The fourth-order valence-corrected chi connectivity index (χ4v) is 5.08. The van der Waals surface area contributed by atoms with E-state index in [9.17, 15) is 14.4 Å².